The minimum absolute atomic E-state index is 0.117. The number of anilines is 1. The Kier molecular flexibility index (Phi) is 3.91. The van der Waals surface area contributed by atoms with Crippen LogP contribution in [-0.4, -0.2) is 16.5 Å². The van der Waals surface area contributed by atoms with Gasteiger partial charge in [0.1, 0.15) is 0 Å². The van der Waals surface area contributed by atoms with E-state index >= 15 is 0 Å². The third-order valence-corrected chi connectivity index (χ3v) is 3.40. The van der Waals surface area contributed by atoms with Gasteiger partial charge in [0.2, 0.25) is 0 Å². The Balaban J connectivity index is 2.31. The topological polar surface area (TPSA) is 68.1 Å². The molecule has 0 aliphatic heterocycles. The van der Waals surface area contributed by atoms with Crippen LogP contribution in [0.3, 0.4) is 0 Å². The normalized spacial score (nSPS) is 10.2. The van der Waals surface area contributed by atoms with Crippen LogP contribution in [-0.2, 0) is 0 Å². The predicted molar refractivity (Wildman–Crippen MR) is 77.6 cm³/mol. The van der Waals surface area contributed by atoms with Gasteiger partial charge in [0.05, 0.1) is 10.6 Å². The molecule has 19 heavy (non-hydrogen) atoms. The van der Waals surface area contributed by atoms with Crippen LogP contribution in [0.25, 0.3) is 11.3 Å². The first kappa shape index (κ1) is 13.2. The molecule has 0 aliphatic carbocycles. The minimum atomic E-state index is -0.373. The second-order valence-electron chi connectivity index (χ2n) is 3.97. The molecule has 1 aromatic carbocycles. The molecule has 0 atom stereocenters. The molecule has 0 unspecified atom stereocenters. The third-order valence-electron chi connectivity index (χ3n) is 2.60. The summed E-state index contributed by atoms with van der Waals surface area (Å²) in [6.07, 6.45) is 1.75. The van der Waals surface area contributed by atoms with Crippen LogP contribution < -0.4 is 5.32 Å². The second-order valence-corrected chi connectivity index (χ2v) is 4.82. The summed E-state index contributed by atoms with van der Waals surface area (Å²) < 4.78 is 0. The molecule has 1 N–H and O–H groups in total. The van der Waals surface area contributed by atoms with E-state index < -0.39 is 0 Å². The largest absolute Gasteiger partial charge is 0.358 e. The molecule has 2 rings (SSSR count). The van der Waals surface area contributed by atoms with Crippen molar-refractivity contribution in [2.45, 2.75) is 6.92 Å². The summed E-state index contributed by atoms with van der Waals surface area (Å²) in [6.45, 7) is 5.98. The number of rotatable bonds is 5. The summed E-state index contributed by atoms with van der Waals surface area (Å²) in [5.74, 6) is 0. The lowest BCUT2D eigenvalue weighted by molar-refractivity contribution is -0.385. The number of benzene rings is 1. The van der Waals surface area contributed by atoms with Gasteiger partial charge in [0.25, 0.3) is 5.69 Å². The third kappa shape index (κ3) is 2.97. The fourth-order valence-electron chi connectivity index (χ4n) is 1.61. The lowest BCUT2D eigenvalue weighted by Crippen LogP contribution is -1.96. The highest BCUT2D eigenvalue weighted by molar-refractivity contribution is 7.14. The molecule has 2 aromatic rings. The molecule has 1 heterocycles. The van der Waals surface area contributed by atoms with Gasteiger partial charge >= 0.3 is 0 Å². The van der Waals surface area contributed by atoms with E-state index in [1.165, 1.54) is 11.3 Å². The zero-order valence-corrected chi connectivity index (χ0v) is 11.2. The first-order chi connectivity index (χ1) is 9.11. The fourth-order valence-corrected chi connectivity index (χ4v) is 2.34. The van der Waals surface area contributed by atoms with E-state index in [2.05, 4.69) is 16.9 Å². The first-order valence-electron chi connectivity index (χ1n) is 5.67. The summed E-state index contributed by atoms with van der Waals surface area (Å²) in [4.78, 5) is 14.9. The molecule has 0 spiro atoms. The number of hydrogen-bond donors (Lipinski definition) is 1. The van der Waals surface area contributed by atoms with Gasteiger partial charge in [-0.3, -0.25) is 10.1 Å². The summed E-state index contributed by atoms with van der Waals surface area (Å²) >= 11 is 1.46. The van der Waals surface area contributed by atoms with E-state index in [4.69, 9.17) is 0 Å². The summed E-state index contributed by atoms with van der Waals surface area (Å²) in [5.41, 5.74) is 2.25. The highest BCUT2D eigenvalue weighted by Crippen LogP contribution is 2.29. The molecule has 0 saturated carbocycles. The van der Waals surface area contributed by atoms with Gasteiger partial charge in [-0.15, -0.1) is 17.9 Å². The smallest absolute Gasteiger partial charge is 0.272 e. The highest BCUT2D eigenvalue weighted by Gasteiger charge is 2.13. The molecular weight excluding hydrogens is 262 g/mol. The maximum atomic E-state index is 10.9. The Labute approximate surface area is 114 Å². The average molecular weight is 275 g/mol. The number of hydrogen-bond acceptors (Lipinski definition) is 5. The van der Waals surface area contributed by atoms with Gasteiger partial charge in [-0.05, 0) is 6.92 Å². The maximum absolute atomic E-state index is 10.9. The van der Waals surface area contributed by atoms with Crippen molar-refractivity contribution in [3.05, 3.63) is 51.9 Å². The van der Waals surface area contributed by atoms with Crippen molar-refractivity contribution in [1.82, 2.24) is 4.98 Å². The molecule has 5 nitrogen and oxygen atoms in total. The minimum Gasteiger partial charge on any atom is -0.358 e. The van der Waals surface area contributed by atoms with Crippen LogP contribution >= 0.6 is 11.3 Å². The number of nitrogens with zero attached hydrogens (tertiary/aromatic N) is 2. The van der Waals surface area contributed by atoms with E-state index in [1.54, 1.807) is 25.1 Å². The summed E-state index contributed by atoms with van der Waals surface area (Å²) in [5, 5.41) is 16.7. The number of nitro groups is 1. The van der Waals surface area contributed by atoms with E-state index in [1.807, 2.05) is 11.4 Å². The molecule has 0 saturated heterocycles. The van der Waals surface area contributed by atoms with Gasteiger partial charge in [-0.2, -0.15) is 0 Å². The lowest BCUT2D eigenvalue weighted by Gasteiger charge is -2.00. The Morgan fingerprint density at radius 2 is 2.37 bits per heavy atom. The van der Waals surface area contributed by atoms with Crippen molar-refractivity contribution in [3.8, 4) is 11.3 Å². The number of aryl methyl sites for hydroxylation is 1. The molecule has 6 heteroatoms. The standard InChI is InChI=1S/C13H13N3O2S/c1-3-6-14-13-15-11(8-19-13)10-5-4-9(2)12(7-10)16(17)18/h3-5,7-8H,1,6H2,2H3,(H,14,15). The highest BCUT2D eigenvalue weighted by atomic mass is 32.1. The quantitative estimate of drug-likeness (QED) is 0.514. The Bertz CT molecular complexity index is 622. The van der Waals surface area contributed by atoms with Crippen LogP contribution in [0.2, 0.25) is 0 Å². The van der Waals surface area contributed by atoms with Crippen LogP contribution in [0.1, 0.15) is 5.56 Å². The fraction of sp³-hybridized carbons (Fsp3) is 0.154. The molecule has 0 amide bonds. The molecule has 1 aromatic heterocycles. The van der Waals surface area contributed by atoms with Gasteiger partial charge < -0.3 is 5.32 Å². The van der Waals surface area contributed by atoms with E-state index in [0.29, 0.717) is 12.1 Å². The zero-order chi connectivity index (χ0) is 13.8. The van der Waals surface area contributed by atoms with Gasteiger partial charge in [0.15, 0.2) is 5.13 Å². The first-order valence-corrected chi connectivity index (χ1v) is 6.55. The van der Waals surface area contributed by atoms with E-state index in [0.717, 1.165) is 16.4 Å². The monoisotopic (exact) mass is 275 g/mol. The van der Waals surface area contributed by atoms with E-state index in [-0.39, 0.29) is 10.6 Å². The molecule has 0 bridgehead atoms. The van der Waals surface area contributed by atoms with Crippen LogP contribution in [0.5, 0.6) is 0 Å². The molecule has 0 radical (unpaired) electrons. The SMILES string of the molecule is C=CCNc1nc(-c2ccc(C)c([N+](=O)[O-])c2)cs1. The molecule has 0 aliphatic rings. The molecular formula is C13H13N3O2S. The van der Waals surface area contributed by atoms with Crippen LogP contribution in [0.15, 0.2) is 36.2 Å². The van der Waals surface area contributed by atoms with Crippen LogP contribution in [0, 0.1) is 17.0 Å². The van der Waals surface area contributed by atoms with Crippen molar-refractivity contribution in [3.63, 3.8) is 0 Å². The number of nitro benzene ring substituents is 1. The lowest BCUT2D eigenvalue weighted by atomic mass is 10.1. The van der Waals surface area contributed by atoms with Crippen molar-refractivity contribution >= 4 is 22.2 Å². The summed E-state index contributed by atoms with van der Waals surface area (Å²) in [7, 11) is 0. The predicted octanol–water partition coefficient (Wildman–Crippen LogP) is 3.62. The Morgan fingerprint density at radius 1 is 1.58 bits per heavy atom. The number of nitrogens with one attached hydrogen (secondary N) is 1. The molecule has 98 valence electrons. The van der Waals surface area contributed by atoms with Crippen molar-refractivity contribution in [1.29, 1.82) is 0 Å². The van der Waals surface area contributed by atoms with Gasteiger partial charge in [0, 0.05) is 29.1 Å². The zero-order valence-electron chi connectivity index (χ0n) is 10.4. The Hall–Kier alpha value is -2.21. The van der Waals surface area contributed by atoms with Gasteiger partial charge in [-0.1, -0.05) is 18.2 Å². The summed E-state index contributed by atoms with van der Waals surface area (Å²) in [6, 6.07) is 5.14. The van der Waals surface area contributed by atoms with Crippen molar-refractivity contribution < 1.29 is 4.92 Å². The maximum Gasteiger partial charge on any atom is 0.272 e. The van der Waals surface area contributed by atoms with Gasteiger partial charge in [-0.25, -0.2) is 4.98 Å². The Morgan fingerprint density at radius 3 is 3.05 bits per heavy atom. The molecule has 0 fully saturated rings. The number of aromatic nitrogens is 1. The van der Waals surface area contributed by atoms with Crippen molar-refractivity contribution in [2.24, 2.45) is 0 Å². The van der Waals surface area contributed by atoms with Crippen LogP contribution in [0.4, 0.5) is 10.8 Å². The van der Waals surface area contributed by atoms with Crippen molar-refractivity contribution in [2.75, 3.05) is 11.9 Å². The second kappa shape index (κ2) is 5.62. The van der Waals surface area contributed by atoms with E-state index in [9.17, 15) is 10.1 Å². The number of thiazole rings is 1. The average Bonchev–Trinajstić information content (AvgIpc) is 2.85.